The first-order valence-electron chi connectivity index (χ1n) is 9.66. The van der Waals surface area contributed by atoms with E-state index in [9.17, 15) is 14.7 Å². The summed E-state index contributed by atoms with van der Waals surface area (Å²) in [4.78, 5) is 24.5. The minimum atomic E-state index is -0.539. The number of nitrogens with one attached hydrogen (secondary N) is 2. The largest absolute Gasteiger partial charge is 0.394 e. The number of benzene rings is 1. The molecule has 1 heterocycles. The normalized spacial score (nSPS) is 26.1. The maximum Gasteiger partial charge on any atom is 0.223 e. The van der Waals surface area contributed by atoms with Crippen LogP contribution in [-0.2, 0) is 14.3 Å². The molecule has 0 spiro atoms. The zero-order valence-corrected chi connectivity index (χ0v) is 15.6. The van der Waals surface area contributed by atoms with Crippen LogP contribution in [0.5, 0.6) is 0 Å². The second kappa shape index (κ2) is 9.15. The summed E-state index contributed by atoms with van der Waals surface area (Å²) in [6.45, 7) is 1.73. The van der Waals surface area contributed by atoms with Crippen molar-refractivity contribution in [3.8, 4) is 0 Å². The smallest absolute Gasteiger partial charge is 0.223 e. The minimum absolute atomic E-state index is 0.0193. The Hall–Kier alpha value is -2.18. The van der Waals surface area contributed by atoms with Crippen LogP contribution < -0.4 is 10.6 Å². The molecule has 1 fully saturated rings. The van der Waals surface area contributed by atoms with Crippen molar-refractivity contribution in [3.63, 3.8) is 0 Å². The predicted octanol–water partition coefficient (Wildman–Crippen LogP) is 1.85. The van der Waals surface area contributed by atoms with Gasteiger partial charge in [-0.3, -0.25) is 9.59 Å². The fourth-order valence-electron chi connectivity index (χ4n) is 3.40. The fourth-order valence-corrected chi connectivity index (χ4v) is 3.40. The van der Waals surface area contributed by atoms with Crippen LogP contribution in [0.4, 0.5) is 0 Å². The van der Waals surface area contributed by atoms with Crippen molar-refractivity contribution in [1.29, 1.82) is 0 Å². The van der Waals surface area contributed by atoms with E-state index in [-0.39, 0.29) is 42.8 Å². The number of carbonyl (C=O) groups excluding carboxylic acids is 2. The van der Waals surface area contributed by atoms with Crippen LogP contribution in [0.15, 0.2) is 42.5 Å². The Balaban J connectivity index is 1.51. The Morgan fingerprint density at radius 2 is 1.96 bits per heavy atom. The molecule has 1 aromatic rings. The van der Waals surface area contributed by atoms with Gasteiger partial charge in [0.1, 0.15) is 6.10 Å². The van der Waals surface area contributed by atoms with Crippen molar-refractivity contribution in [3.05, 3.63) is 48.0 Å². The summed E-state index contributed by atoms with van der Waals surface area (Å²) in [6, 6.07) is 9.32. The molecule has 0 aromatic heterocycles. The number of rotatable bonds is 7. The second-order valence-corrected chi connectivity index (χ2v) is 7.35. The molecule has 0 bridgehead atoms. The van der Waals surface area contributed by atoms with Crippen molar-refractivity contribution in [2.75, 3.05) is 6.61 Å². The second-order valence-electron chi connectivity index (χ2n) is 7.35. The Labute approximate surface area is 160 Å². The molecule has 2 aliphatic rings. The quantitative estimate of drug-likeness (QED) is 0.638. The minimum Gasteiger partial charge on any atom is -0.394 e. The SMILES string of the molecule is C[C@@H](NC(=O)C[C@@H]1C=C[C@@H](NC(=O)C2CCC2)[C@H](CO)O1)c1ccccc1. The Morgan fingerprint density at radius 1 is 1.22 bits per heavy atom. The van der Waals surface area contributed by atoms with E-state index in [0.29, 0.717) is 0 Å². The van der Waals surface area contributed by atoms with E-state index in [1.807, 2.05) is 43.3 Å². The van der Waals surface area contributed by atoms with Crippen LogP contribution >= 0.6 is 0 Å². The lowest BCUT2D eigenvalue weighted by atomic mass is 9.84. The zero-order chi connectivity index (χ0) is 19.2. The van der Waals surface area contributed by atoms with Gasteiger partial charge in [0.25, 0.3) is 0 Å². The van der Waals surface area contributed by atoms with Gasteiger partial charge in [-0.1, -0.05) is 48.9 Å². The molecule has 3 rings (SSSR count). The molecule has 1 aliphatic carbocycles. The first-order chi connectivity index (χ1) is 13.1. The molecule has 146 valence electrons. The number of hydrogen-bond donors (Lipinski definition) is 3. The summed E-state index contributed by atoms with van der Waals surface area (Å²) >= 11 is 0. The van der Waals surface area contributed by atoms with Crippen molar-refractivity contribution < 1.29 is 19.4 Å². The van der Waals surface area contributed by atoms with Gasteiger partial charge in [-0.25, -0.2) is 0 Å². The van der Waals surface area contributed by atoms with Crippen molar-refractivity contribution in [2.45, 2.75) is 56.9 Å². The predicted molar refractivity (Wildman–Crippen MR) is 102 cm³/mol. The molecule has 1 aromatic carbocycles. The van der Waals surface area contributed by atoms with Crippen molar-refractivity contribution >= 4 is 11.8 Å². The molecule has 0 unspecified atom stereocenters. The molecule has 1 saturated carbocycles. The van der Waals surface area contributed by atoms with Crippen LogP contribution in [0.2, 0.25) is 0 Å². The maximum atomic E-state index is 12.3. The first-order valence-corrected chi connectivity index (χ1v) is 9.66. The summed E-state index contributed by atoms with van der Waals surface area (Å²) in [7, 11) is 0. The van der Waals surface area contributed by atoms with Gasteiger partial charge in [-0.05, 0) is 25.3 Å². The Kier molecular flexibility index (Phi) is 6.63. The van der Waals surface area contributed by atoms with E-state index in [4.69, 9.17) is 4.74 Å². The third-order valence-electron chi connectivity index (χ3n) is 5.31. The Bertz CT molecular complexity index is 672. The Morgan fingerprint density at radius 3 is 2.59 bits per heavy atom. The van der Waals surface area contributed by atoms with E-state index in [1.165, 1.54) is 0 Å². The highest BCUT2D eigenvalue weighted by Crippen LogP contribution is 2.27. The number of amides is 2. The molecule has 27 heavy (non-hydrogen) atoms. The summed E-state index contributed by atoms with van der Waals surface area (Å²) in [5.74, 6) is -0.0128. The molecule has 6 nitrogen and oxygen atoms in total. The average Bonchev–Trinajstić information content (AvgIpc) is 2.62. The van der Waals surface area contributed by atoms with Crippen molar-refractivity contribution in [2.24, 2.45) is 5.92 Å². The van der Waals surface area contributed by atoms with Crippen LogP contribution in [-0.4, -0.2) is 41.8 Å². The molecule has 2 amide bonds. The zero-order valence-electron chi connectivity index (χ0n) is 15.6. The first kappa shape index (κ1) is 19.6. The van der Waals surface area contributed by atoms with Gasteiger partial charge in [0.15, 0.2) is 0 Å². The van der Waals surface area contributed by atoms with Gasteiger partial charge in [-0.15, -0.1) is 0 Å². The van der Waals surface area contributed by atoms with Gasteiger partial charge < -0.3 is 20.5 Å². The van der Waals surface area contributed by atoms with Crippen LogP contribution in [0.25, 0.3) is 0 Å². The molecular weight excluding hydrogens is 344 g/mol. The van der Waals surface area contributed by atoms with E-state index >= 15 is 0 Å². The number of carbonyl (C=O) groups is 2. The lowest BCUT2D eigenvalue weighted by Gasteiger charge is -2.34. The van der Waals surface area contributed by atoms with Gasteiger partial charge in [0.2, 0.25) is 11.8 Å². The third kappa shape index (κ3) is 5.17. The van der Waals surface area contributed by atoms with Crippen LogP contribution in [0, 0.1) is 5.92 Å². The highest BCUT2D eigenvalue weighted by molar-refractivity contribution is 5.80. The van der Waals surface area contributed by atoms with E-state index in [0.717, 1.165) is 24.8 Å². The van der Waals surface area contributed by atoms with Crippen molar-refractivity contribution in [1.82, 2.24) is 10.6 Å². The van der Waals surface area contributed by atoms with Gasteiger partial charge >= 0.3 is 0 Å². The third-order valence-corrected chi connectivity index (χ3v) is 5.31. The number of aliphatic hydroxyl groups is 1. The lowest BCUT2D eigenvalue weighted by Crippen LogP contribution is -2.51. The molecule has 0 saturated heterocycles. The van der Waals surface area contributed by atoms with Crippen LogP contribution in [0.3, 0.4) is 0 Å². The molecule has 3 N–H and O–H groups in total. The van der Waals surface area contributed by atoms with E-state index in [2.05, 4.69) is 10.6 Å². The monoisotopic (exact) mass is 372 g/mol. The van der Waals surface area contributed by atoms with Gasteiger partial charge in [0.05, 0.1) is 31.2 Å². The summed E-state index contributed by atoms with van der Waals surface area (Å²) in [5.41, 5.74) is 1.04. The lowest BCUT2D eigenvalue weighted by molar-refractivity contribution is -0.132. The number of hydrogen-bond acceptors (Lipinski definition) is 4. The molecule has 1 aliphatic heterocycles. The fraction of sp³-hybridized carbons (Fsp3) is 0.524. The van der Waals surface area contributed by atoms with Crippen LogP contribution in [0.1, 0.15) is 44.2 Å². The van der Waals surface area contributed by atoms with Gasteiger partial charge in [-0.2, -0.15) is 0 Å². The molecule has 0 radical (unpaired) electrons. The molecule has 4 atom stereocenters. The average molecular weight is 372 g/mol. The standard InChI is InChI=1S/C21H28N2O4/c1-14(15-6-3-2-4-7-15)22-20(25)12-17-10-11-18(19(13-24)27-17)23-21(26)16-8-5-9-16/h2-4,6-7,10-11,14,16-19,24H,5,8-9,12-13H2,1H3,(H,22,25)(H,23,26)/t14-,17+,18-,19+/m1/s1. The number of aliphatic hydroxyl groups excluding tert-OH is 1. The summed E-state index contributed by atoms with van der Waals surface area (Å²) in [5, 5.41) is 15.5. The van der Waals surface area contributed by atoms with E-state index < -0.39 is 12.2 Å². The topological polar surface area (TPSA) is 87.7 Å². The summed E-state index contributed by atoms with van der Waals surface area (Å²) < 4.78 is 5.83. The summed E-state index contributed by atoms with van der Waals surface area (Å²) in [6.07, 6.45) is 5.80. The molecular formula is C21H28N2O4. The maximum absolute atomic E-state index is 12.3. The number of ether oxygens (including phenoxy) is 1. The van der Waals surface area contributed by atoms with Gasteiger partial charge in [0, 0.05) is 5.92 Å². The highest BCUT2D eigenvalue weighted by atomic mass is 16.5. The molecule has 6 heteroatoms. The van der Waals surface area contributed by atoms with E-state index in [1.54, 1.807) is 6.08 Å². The highest BCUT2D eigenvalue weighted by Gasteiger charge is 2.32.